The zero-order valence-corrected chi connectivity index (χ0v) is 17.7. The van der Waals surface area contributed by atoms with Gasteiger partial charge in [-0.25, -0.2) is 13.1 Å². The lowest BCUT2D eigenvalue weighted by Gasteiger charge is -2.09. The lowest BCUT2D eigenvalue weighted by Crippen LogP contribution is -2.23. The fourth-order valence-electron chi connectivity index (χ4n) is 2.98. The number of benzene rings is 2. The molecule has 0 aliphatic carbocycles. The fourth-order valence-corrected chi connectivity index (χ4v) is 4.00. The second-order valence-electron chi connectivity index (χ2n) is 7.01. The number of nitrogens with zero attached hydrogens (tertiary/aromatic N) is 2. The summed E-state index contributed by atoms with van der Waals surface area (Å²) in [6.45, 7) is 2.13. The number of aryl methyl sites for hydroxylation is 1. The Kier molecular flexibility index (Phi) is 6.06. The van der Waals surface area contributed by atoms with Gasteiger partial charge in [-0.3, -0.25) is 9.97 Å². The summed E-state index contributed by atoms with van der Waals surface area (Å²) < 4.78 is 33.6. The molecule has 0 saturated heterocycles. The Morgan fingerprint density at radius 2 is 1.74 bits per heavy atom. The Hall–Kier alpha value is -3.55. The molecule has 0 spiro atoms. The molecule has 0 saturated carbocycles. The Morgan fingerprint density at radius 3 is 2.42 bits per heavy atom. The third-order valence-electron chi connectivity index (χ3n) is 4.61. The molecule has 0 unspecified atom stereocenters. The lowest BCUT2D eigenvalue weighted by molar-refractivity contribution is 0.481. The second kappa shape index (κ2) is 9.07. The van der Waals surface area contributed by atoms with Crippen LogP contribution in [0.5, 0.6) is 11.5 Å². The van der Waals surface area contributed by atoms with Crippen molar-refractivity contribution in [1.29, 1.82) is 0 Å². The molecule has 0 aliphatic rings. The highest BCUT2D eigenvalue weighted by Crippen LogP contribution is 2.23. The maximum Gasteiger partial charge on any atom is 0.240 e. The Morgan fingerprint density at radius 1 is 0.903 bits per heavy atom. The molecule has 2 aromatic carbocycles. The van der Waals surface area contributed by atoms with Crippen LogP contribution in [0.3, 0.4) is 0 Å². The van der Waals surface area contributed by atoms with E-state index >= 15 is 0 Å². The van der Waals surface area contributed by atoms with Crippen LogP contribution in [0.2, 0.25) is 0 Å². The molecular formula is C24H21N3O3S. The Labute approximate surface area is 181 Å². The minimum Gasteiger partial charge on any atom is -0.457 e. The average molecular weight is 432 g/mol. The van der Waals surface area contributed by atoms with E-state index in [0.29, 0.717) is 11.5 Å². The number of ether oxygens (including phenoxy) is 1. The molecule has 31 heavy (non-hydrogen) atoms. The second-order valence-corrected chi connectivity index (χ2v) is 8.77. The molecule has 0 atom stereocenters. The van der Waals surface area contributed by atoms with Crippen LogP contribution in [0.1, 0.15) is 11.1 Å². The van der Waals surface area contributed by atoms with E-state index in [0.717, 1.165) is 22.4 Å². The minimum absolute atomic E-state index is 0.143. The minimum atomic E-state index is -3.66. The zero-order chi connectivity index (χ0) is 21.7. The van der Waals surface area contributed by atoms with Gasteiger partial charge in [0.1, 0.15) is 11.5 Å². The van der Waals surface area contributed by atoms with E-state index in [1.807, 2.05) is 55.5 Å². The number of hydrogen-bond acceptors (Lipinski definition) is 5. The van der Waals surface area contributed by atoms with E-state index in [1.54, 1.807) is 30.7 Å². The van der Waals surface area contributed by atoms with Crippen LogP contribution in [0, 0.1) is 6.92 Å². The molecule has 6 nitrogen and oxygen atoms in total. The van der Waals surface area contributed by atoms with Crippen molar-refractivity contribution in [2.45, 2.75) is 18.4 Å². The number of nitrogens with one attached hydrogen (secondary N) is 1. The molecule has 0 bridgehead atoms. The quantitative estimate of drug-likeness (QED) is 0.458. The fraction of sp³-hybridized carbons (Fsp3) is 0.0833. The average Bonchev–Trinajstić information content (AvgIpc) is 2.79. The predicted octanol–water partition coefficient (Wildman–Crippen LogP) is 4.72. The van der Waals surface area contributed by atoms with E-state index in [9.17, 15) is 8.42 Å². The summed E-state index contributed by atoms with van der Waals surface area (Å²) >= 11 is 0. The molecule has 2 heterocycles. The van der Waals surface area contributed by atoms with Crippen LogP contribution < -0.4 is 9.46 Å². The van der Waals surface area contributed by atoms with Crippen LogP contribution >= 0.6 is 0 Å². The number of sulfonamides is 1. The maximum absolute atomic E-state index is 12.6. The van der Waals surface area contributed by atoms with Crippen molar-refractivity contribution in [3.8, 4) is 22.8 Å². The highest BCUT2D eigenvalue weighted by molar-refractivity contribution is 7.89. The van der Waals surface area contributed by atoms with Gasteiger partial charge in [-0.05, 0) is 72.6 Å². The van der Waals surface area contributed by atoms with E-state index in [1.165, 1.54) is 12.1 Å². The monoisotopic (exact) mass is 431 g/mol. The highest BCUT2D eigenvalue weighted by Gasteiger charge is 2.14. The predicted molar refractivity (Wildman–Crippen MR) is 119 cm³/mol. The van der Waals surface area contributed by atoms with Gasteiger partial charge in [0.2, 0.25) is 10.0 Å². The van der Waals surface area contributed by atoms with Gasteiger partial charge < -0.3 is 4.74 Å². The third-order valence-corrected chi connectivity index (χ3v) is 6.02. The smallest absolute Gasteiger partial charge is 0.240 e. The van der Waals surface area contributed by atoms with Crippen molar-refractivity contribution in [3.63, 3.8) is 0 Å². The van der Waals surface area contributed by atoms with Gasteiger partial charge >= 0.3 is 0 Å². The Bertz CT molecular complexity index is 1260. The van der Waals surface area contributed by atoms with Crippen LogP contribution in [0.15, 0.2) is 96.3 Å². The van der Waals surface area contributed by atoms with Gasteiger partial charge in [0.15, 0.2) is 0 Å². The van der Waals surface area contributed by atoms with Crippen LogP contribution in [0.25, 0.3) is 11.3 Å². The van der Waals surface area contributed by atoms with E-state index < -0.39 is 10.0 Å². The van der Waals surface area contributed by atoms with Gasteiger partial charge in [0.05, 0.1) is 10.6 Å². The van der Waals surface area contributed by atoms with Crippen molar-refractivity contribution in [1.82, 2.24) is 14.7 Å². The van der Waals surface area contributed by atoms with Crippen LogP contribution in [-0.2, 0) is 16.6 Å². The molecule has 0 fully saturated rings. The lowest BCUT2D eigenvalue weighted by atomic mass is 10.1. The molecule has 4 aromatic rings. The standard InChI is InChI=1S/C24H21N3O3S/c1-18-4-2-6-22(14-18)30-21-8-10-23(11-9-21)31(28,29)27-16-19-7-12-24(26-15-19)20-5-3-13-25-17-20/h2-15,17,27H,16H2,1H3. The zero-order valence-electron chi connectivity index (χ0n) is 16.9. The SMILES string of the molecule is Cc1cccc(Oc2ccc(S(=O)(=O)NCc3ccc(-c4cccnc4)nc3)cc2)c1. The first-order chi connectivity index (χ1) is 15.0. The summed E-state index contributed by atoms with van der Waals surface area (Å²) in [6.07, 6.45) is 5.09. The molecule has 4 rings (SSSR count). The van der Waals surface area contributed by atoms with Crippen molar-refractivity contribution < 1.29 is 13.2 Å². The van der Waals surface area contributed by atoms with Crippen LogP contribution in [0.4, 0.5) is 0 Å². The Balaban J connectivity index is 1.39. The number of rotatable bonds is 7. The molecule has 2 aromatic heterocycles. The first-order valence-electron chi connectivity index (χ1n) is 9.69. The first kappa shape index (κ1) is 20.7. The van der Waals surface area contributed by atoms with Crippen LogP contribution in [-0.4, -0.2) is 18.4 Å². The normalized spacial score (nSPS) is 11.3. The highest BCUT2D eigenvalue weighted by atomic mass is 32.2. The summed E-state index contributed by atoms with van der Waals surface area (Å²) in [5, 5.41) is 0. The summed E-state index contributed by atoms with van der Waals surface area (Å²) in [7, 11) is -3.66. The number of aromatic nitrogens is 2. The van der Waals surface area contributed by atoms with E-state index in [-0.39, 0.29) is 11.4 Å². The first-order valence-corrected chi connectivity index (χ1v) is 11.2. The molecule has 0 radical (unpaired) electrons. The summed E-state index contributed by atoms with van der Waals surface area (Å²) in [4.78, 5) is 8.64. The van der Waals surface area contributed by atoms with Gasteiger partial charge in [0, 0.05) is 30.7 Å². The third kappa shape index (κ3) is 5.33. The summed E-state index contributed by atoms with van der Waals surface area (Å²) in [5.41, 5.74) is 3.53. The maximum atomic E-state index is 12.6. The topological polar surface area (TPSA) is 81.2 Å². The van der Waals surface area contributed by atoms with E-state index in [4.69, 9.17) is 4.74 Å². The molecular weight excluding hydrogens is 410 g/mol. The van der Waals surface area contributed by atoms with Crippen molar-refractivity contribution in [2.24, 2.45) is 0 Å². The molecule has 0 aliphatic heterocycles. The van der Waals surface area contributed by atoms with Gasteiger partial charge in [-0.15, -0.1) is 0 Å². The van der Waals surface area contributed by atoms with Crippen molar-refractivity contribution >= 4 is 10.0 Å². The van der Waals surface area contributed by atoms with E-state index in [2.05, 4.69) is 14.7 Å². The number of hydrogen-bond donors (Lipinski definition) is 1. The van der Waals surface area contributed by atoms with Crippen molar-refractivity contribution in [2.75, 3.05) is 0 Å². The molecule has 7 heteroatoms. The van der Waals surface area contributed by atoms with Crippen molar-refractivity contribution in [3.05, 3.63) is 103 Å². The largest absolute Gasteiger partial charge is 0.457 e. The molecule has 1 N–H and O–H groups in total. The molecule has 156 valence electrons. The number of pyridine rings is 2. The van der Waals surface area contributed by atoms with Gasteiger partial charge in [-0.1, -0.05) is 18.2 Å². The van der Waals surface area contributed by atoms with Gasteiger partial charge in [0.25, 0.3) is 0 Å². The summed E-state index contributed by atoms with van der Waals surface area (Å²) in [6, 6.07) is 21.4. The molecule has 0 amide bonds. The summed E-state index contributed by atoms with van der Waals surface area (Å²) in [5.74, 6) is 1.27. The van der Waals surface area contributed by atoms with Gasteiger partial charge in [-0.2, -0.15) is 0 Å².